The van der Waals surface area contributed by atoms with Crippen molar-refractivity contribution < 1.29 is 4.79 Å². The number of hydrogen-bond acceptors (Lipinski definition) is 2. The van der Waals surface area contributed by atoms with Gasteiger partial charge in [-0.3, -0.25) is 9.78 Å². The highest BCUT2D eigenvalue weighted by molar-refractivity contribution is 6.03. The third-order valence-corrected chi connectivity index (χ3v) is 3.01. The Morgan fingerprint density at radius 2 is 1.84 bits per heavy atom. The van der Waals surface area contributed by atoms with Crippen LogP contribution in [0.4, 0.5) is 5.69 Å². The number of carbonyl (C=O) groups excluding carboxylic acids is 1. The van der Waals surface area contributed by atoms with Gasteiger partial charge in [-0.25, -0.2) is 0 Å². The SMILES string of the molecule is CC.CC(=O)N(C)c1cc(C)cc2ccnc(C)c12. The van der Waals surface area contributed by atoms with E-state index in [0.717, 1.165) is 27.7 Å². The Morgan fingerprint density at radius 3 is 2.42 bits per heavy atom. The Morgan fingerprint density at radius 1 is 1.21 bits per heavy atom. The van der Waals surface area contributed by atoms with E-state index in [1.165, 1.54) is 0 Å². The molecule has 0 spiro atoms. The van der Waals surface area contributed by atoms with Crippen molar-refractivity contribution in [2.45, 2.75) is 34.6 Å². The number of rotatable bonds is 1. The van der Waals surface area contributed by atoms with Crippen molar-refractivity contribution in [1.29, 1.82) is 0 Å². The lowest BCUT2D eigenvalue weighted by molar-refractivity contribution is -0.116. The molecular formula is C16H22N2O. The summed E-state index contributed by atoms with van der Waals surface area (Å²) in [6.07, 6.45) is 1.80. The Labute approximate surface area is 115 Å². The number of fused-ring (bicyclic) bond motifs is 1. The van der Waals surface area contributed by atoms with Crippen LogP contribution in [0, 0.1) is 13.8 Å². The van der Waals surface area contributed by atoms with Gasteiger partial charge in [0, 0.05) is 31.2 Å². The lowest BCUT2D eigenvalue weighted by Gasteiger charge is -2.19. The van der Waals surface area contributed by atoms with Crippen LogP contribution in [0.15, 0.2) is 24.4 Å². The molecule has 0 aliphatic carbocycles. The molecule has 1 aromatic heterocycles. The second-order valence-corrected chi connectivity index (χ2v) is 4.36. The summed E-state index contributed by atoms with van der Waals surface area (Å²) in [6, 6.07) is 6.12. The summed E-state index contributed by atoms with van der Waals surface area (Å²) in [5, 5.41) is 2.18. The first-order valence-corrected chi connectivity index (χ1v) is 6.61. The molecule has 1 heterocycles. The molecule has 0 aliphatic rings. The normalized spacial score (nSPS) is 9.79. The monoisotopic (exact) mass is 258 g/mol. The number of anilines is 1. The predicted octanol–water partition coefficient (Wildman–Crippen LogP) is 3.86. The molecule has 0 aliphatic heterocycles. The molecule has 0 fully saturated rings. The maximum atomic E-state index is 11.5. The van der Waals surface area contributed by atoms with Gasteiger partial charge in [-0.1, -0.05) is 19.9 Å². The average Bonchev–Trinajstić information content (AvgIpc) is 2.39. The van der Waals surface area contributed by atoms with Crippen molar-refractivity contribution in [1.82, 2.24) is 4.98 Å². The van der Waals surface area contributed by atoms with Crippen molar-refractivity contribution in [3.8, 4) is 0 Å². The van der Waals surface area contributed by atoms with E-state index in [-0.39, 0.29) is 5.91 Å². The molecule has 1 aromatic carbocycles. The summed E-state index contributed by atoms with van der Waals surface area (Å²) in [4.78, 5) is 17.5. The number of aryl methyl sites for hydroxylation is 2. The number of amides is 1. The summed E-state index contributed by atoms with van der Waals surface area (Å²) in [5.41, 5.74) is 3.02. The summed E-state index contributed by atoms with van der Waals surface area (Å²) in [5.74, 6) is 0.0279. The third kappa shape index (κ3) is 3.11. The van der Waals surface area contributed by atoms with Crippen LogP contribution in [0.25, 0.3) is 10.8 Å². The Hall–Kier alpha value is -1.90. The number of hydrogen-bond donors (Lipinski definition) is 0. The predicted molar refractivity (Wildman–Crippen MR) is 81.6 cm³/mol. The van der Waals surface area contributed by atoms with E-state index in [4.69, 9.17) is 0 Å². The van der Waals surface area contributed by atoms with Crippen LogP contribution in [0.3, 0.4) is 0 Å². The lowest BCUT2D eigenvalue weighted by Crippen LogP contribution is -2.23. The van der Waals surface area contributed by atoms with Crippen molar-refractivity contribution in [2.24, 2.45) is 0 Å². The molecule has 102 valence electrons. The summed E-state index contributed by atoms with van der Waals surface area (Å²) < 4.78 is 0. The molecule has 19 heavy (non-hydrogen) atoms. The third-order valence-electron chi connectivity index (χ3n) is 3.01. The van der Waals surface area contributed by atoms with Gasteiger partial charge in [0.15, 0.2) is 0 Å². The van der Waals surface area contributed by atoms with Crippen LogP contribution in [0.2, 0.25) is 0 Å². The Balaban J connectivity index is 0.000000861. The molecule has 0 bridgehead atoms. The molecule has 0 saturated heterocycles. The first kappa shape index (κ1) is 15.2. The maximum absolute atomic E-state index is 11.5. The second kappa shape index (κ2) is 6.32. The van der Waals surface area contributed by atoms with Gasteiger partial charge in [-0.15, -0.1) is 0 Å². The first-order valence-electron chi connectivity index (χ1n) is 6.61. The molecule has 2 rings (SSSR count). The molecular weight excluding hydrogens is 236 g/mol. The highest BCUT2D eigenvalue weighted by Gasteiger charge is 2.12. The van der Waals surface area contributed by atoms with Crippen LogP contribution < -0.4 is 4.90 Å². The number of benzene rings is 1. The van der Waals surface area contributed by atoms with Crippen LogP contribution in [0.5, 0.6) is 0 Å². The van der Waals surface area contributed by atoms with E-state index >= 15 is 0 Å². The molecule has 0 N–H and O–H groups in total. The zero-order chi connectivity index (χ0) is 14.6. The van der Waals surface area contributed by atoms with E-state index in [0.29, 0.717) is 0 Å². The molecule has 0 saturated carbocycles. The molecule has 0 atom stereocenters. The quantitative estimate of drug-likeness (QED) is 0.778. The zero-order valence-corrected chi connectivity index (χ0v) is 12.6. The van der Waals surface area contributed by atoms with Crippen LogP contribution in [0.1, 0.15) is 32.0 Å². The molecule has 3 heteroatoms. The van der Waals surface area contributed by atoms with Gasteiger partial charge in [0.1, 0.15) is 0 Å². The van der Waals surface area contributed by atoms with E-state index < -0.39 is 0 Å². The minimum atomic E-state index is 0.0279. The fourth-order valence-corrected chi connectivity index (χ4v) is 2.05. The summed E-state index contributed by atoms with van der Waals surface area (Å²) in [7, 11) is 1.79. The van der Waals surface area contributed by atoms with E-state index in [2.05, 4.69) is 11.1 Å². The molecule has 2 aromatic rings. The Bertz CT molecular complexity index is 591. The number of pyridine rings is 1. The van der Waals surface area contributed by atoms with Gasteiger partial charge in [0.25, 0.3) is 0 Å². The smallest absolute Gasteiger partial charge is 0.223 e. The number of aromatic nitrogens is 1. The number of carbonyl (C=O) groups is 1. The van der Waals surface area contributed by atoms with Gasteiger partial charge < -0.3 is 4.90 Å². The topological polar surface area (TPSA) is 33.2 Å². The van der Waals surface area contributed by atoms with Gasteiger partial charge in [-0.2, -0.15) is 0 Å². The van der Waals surface area contributed by atoms with Gasteiger partial charge in [-0.05, 0) is 36.9 Å². The fraction of sp³-hybridized carbons (Fsp3) is 0.375. The van der Waals surface area contributed by atoms with Gasteiger partial charge in [0.05, 0.1) is 5.69 Å². The molecule has 1 amide bonds. The standard InChI is InChI=1S/C14H16N2O.C2H6/c1-9-7-12-5-6-15-10(2)14(12)13(8-9)16(4)11(3)17;1-2/h5-8H,1-4H3;1-2H3. The Kier molecular flexibility index (Phi) is 5.04. The van der Waals surface area contributed by atoms with E-state index in [1.54, 1.807) is 25.1 Å². The highest BCUT2D eigenvalue weighted by atomic mass is 16.2. The van der Waals surface area contributed by atoms with Crippen LogP contribution in [-0.4, -0.2) is 17.9 Å². The van der Waals surface area contributed by atoms with E-state index in [1.807, 2.05) is 39.8 Å². The van der Waals surface area contributed by atoms with Crippen molar-refractivity contribution in [3.05, 3.63) is 35.7 Å². The fourth-order valence-electron chi connectivity index (χ4n) is 2.05. The second-order valence-electron chi connectivity index (χ2n) is 4.36. The lowest BCUT2D eigenvalue weighted by atomic mass is 10.0. The number of nitrogens with zero attached hydrogens (tertiary/aromatic N) is 2. The highest BCUT2D eigenvalue weighted by Crippen LogP contribution is 2.29. The van der Waals surface area contributed by atoms with Crippen molar-refractivity contribution in [3.63, 3.8) is 0 Å². The molecule has 0 unspecified atom stereocenters. The van der Waals surface area contributed by atoms with Crippen molar-refractivity contribution >= 4 is 22.4 Å². The van der Waals surface area contributed by atoms with E-state index in [9.17, 15) is 4.79 Å². The summed E-state index contributed by atoms with van der Waals surface area (Å²) >= 11 is 0. The van der Waals surface area contributed by atoms with Gasteiger partial charge in [0.2, 0.25) is 5.91 Å². The largest absolute Gasteiger partial charge is 0.315 e. The summed E-state index contributed by atoms with van der Waals surface area (Å²) in [6.45, 7) is 9.57. The van der Waals surface area contributed by atoms with Crippen molar-refractivity contribution in [2.75, 3.05) is 11.9 Å². The maximum Gasteiger partial charge on any atom is 0.223 e. The van der Waals surface area contributed by atoms with Gasteiger partial charge >= 0.3 is 0 Å². The molecule has 0 radical (unpaired) electrons. The van der Waals surface area contributed by atoms with Crippen LogP contribution in [-0.2, 0) is 4.79 Å². The first-order chi connectivity index (χ1) is 9.00. The zero-order valence-electron chi connectivity index (χ0n) is 12.6. The molecule has 3 nitrogen and oxygen atoms in total. The van der Waals surface area contributed by atoms with Crippen LogP contribution >= 0.6 is 0 Å². The minimum Gasteiger partial charge on any atom is -0.315 e. The minimum absolute atomic E-state index is 0.0279. The average molecular weight is 258 g/mol.